The fraction of sp³-hybridized carbons (Fsp3) is 0.471. The van der Waals surface area contributed by atoms with E-state index >= 15 is 0 Å². The van der Waals surface area contributed by atoms with Crippen LogP contribution in [0.4, 0.5) is 4.39 Å². The second-order valence-electron chi connectivity index (χ2n) is 6.47. The van der Waals surface area contributed by atoms with Gasteiger partial charge in [-0.15, -0.1) is 0 Å². The van der Waals surface area contributed by atoms with Gasteiger partial charge in [-0.05, 0) is 17.7 Å². The minimum Gasteiger partial charge on any atom is -0.377 e. The van der Waals surface area contributed by atoms with Crippen LogP contribution in [0.15, 0.2) is 36.9 Å². The fourth-order valence-electron chi connectivity index (χ4n) is 2.23. The van der Waals surface area contributed by atoms with Crippen LogP contribution in [0.5, 0.6) is 0 Å². The molecule has 0 amide bonds. The van der Waals surface area contributed by atoms with E-state index in [1.807, 2.05) is 20.8 Å². The Bertz CT molecular complexity index is 618. The molecule has 0 bridgehead atoms. The zero-order chi connectivity index (χ0) is 16.9. The summed E-state index contributed by atoms with van der Waals surface area (Å²) in [6.45, 7) is 6.45. The third kappa shape index (κ3) is 4.96. The Morgan fingerprint density at radius 3 is 2.57 bits per heavy atom. The Morgan fingerprint density at radius 2 is 2.00 bits per heavy atom. The largest absolute Gasteiger partial charge is 0.377 e. The summed E-state index contributed by atoms with van der Waals surface area (Å²) in [6.07, 6.45) is 3.48. The number of hydrogen-bond acceptors (Lipinski definition) is 4. The normalized spacial score (nSPS) is 13.0. The van der Waals surface area contributed by atoms with Crippen LogP contribution < -0.4 is 0 Å². The molecule has 2 rings (SSSR count). The maximum atomic E-state index is 12.8. The van der Waals surface area contributed by atoms with Crippen LogP contribution in [0, 0.1) is 11.2 Å². The van der Waals surface area contributed by atoms with Crippen molar-refractivity contribution in [2.24, 2.45) is 5.41 Å². The van der Waals surface area contributed by atoms with Crippen molar-refractivity contribution >= 4 is 5.78 Å². The number of rotatable bonds is 7. The van der Waals surface area contributed by atoms with Gasteiger partial charge in [0.25, 0.3) is 0 Å². The van der Waals surface area contributed by atoms with E-state index in [4.69, 9.17) is 4.74 Å². The Kier molecular flexibility index (Phi) is 5.60. The lowest BCUT2D eigenvalue weighted by molar-refractivity contribution is -0.130. The summed E-state index contributed by atoms with van der Waals surface area (Å²) >= 11 is 0. The number of ketones is 1. The van der Waals surface area contributed by atoms with Gasteiger partial charge in [-0.3, -0.25) is 4.79 Å². The van der Waals surface area contributed by atoms with E-state index < -0.39 is 11.5 Å². The second-order valence-corrected chi connectivity index (χ2v) is 6.47. The van der Waals surface area contributed by atoms with Gasteiger partial charge >= 0.3 is 0 Å². The Balaban J connectivity index is 1.91. The van der Waals surface area contributed by atoms with Gasteiger partial charge in [0.2, 0.25) is 0 Å². The monoisotopic (exact) mass is 319 g/mol. The molecule has 1 aromatic carbocycles. The number of halogens is 1. The van der Waals surface area contributed by atoms with E-state index in [2.05, 4.69) is 10.1 Å². The van der Waals surface area contributed by atoms with Crippen molar-refractivity contribution in [2.75, 3.05) is 6.61 Å². The van der Waals surface area contributed by atoms with Gasteiger partial charge in [-0.25, -0.2) is 14.1 Å². The van der Waals surface area contributed by atoms with Crippen LogP contribution in [-0.2, 0) is 16.1 Å². The standard InChI is InChI=1S/C17H22FN3O2/c1-17(2,3)16(22)15(21-12-19-11-20-21)8-9-23-10-13-4-6-14(18)7-5-13/h4-7,11-12,15H,8-10H2,1-3H3. The van der Waals surface area contributed by atoms with Gasteiger partial charge in [0.1, 0.15) is 24.5 Å². The number of benzene rings is 1. The smallest absolute Gasteiger partial charge is 0.162 e. The van der Waals surface area contributed by atoms with Gasteiger partial charge in [0.15, 0.2) is 5.78 Å². The van der Waals surface area contributed by atoms with Gasteiger partial charge in [0.05, 0.1) is 6.61 Å². The molecule has 0 saturated carbocycles. The molecule has 0 aliphatic rings. The molecule has 0 aliphatic carbocycles. The first kappa shape index (κ1) is 17.3. The number of carbonyl (C=O) groups excluding carboxylic acids is 1. The van der Waals surface area contributed by atoms with Crippen LogP contribution in [0.3, 0.4) is 0 Å². The quantitative estimate of drug-likeness (QED) is 0.736. The van der Waals surface area contributed by atoms with Crippen molar-refractivity contribution in [2.45, 2.75) is 39.8 Å². The first-order valence-electron chi connectivity index (χ1n) is 7.58. The molecule has 0 aliphatic heterocycles. The highest BCUT2D eigenvalue weighted by Crippen LogP contribution is 2.25. The van der Waals surface area contributed by atoms with E-state index in [0.29, 0.717) is 19.6 Å². The van der Waals surface area contributed by atoms with Crippen molar-refractivity contribution in [3.63, 3.8) is 0 Å². The molecular formula is C17H22FN3O2. The predicted molar refractivity (Wildman–Crippen MR) is 84.2 cm³/mol. The molecule has 1 unspecified atom stereocenters. The minimum atomic E-state index is -0.465. The number of ether oxygens (including phenoxy) is 1. The second kappa shape index (κ2) is 7.46. The highest BCUT2D eigenvalue weighted by atomic mass is 19.1. The predicted octanol–water partition coefficient (Wildman–Crippen LogP) is 3.18. The number of carbonyl (C=O) groups is 1. The Hall–Kier alpha value is -2.08. The van der Waals surface area contributed by atoms with Crippen molar-refractivity contribution in [1.82, 2.24) is 14.8 Å². The van der Waals surface area contributed by atoms with Crippen LogP contribution in [0.25, 0.3) is 0 Å². The lowest BCUT2D eigenvalue weighted by Gasteiger charge is -2.24. The topological polar surface area (TPSA) is 57.0 Å². The number of aromatic nitrogens is 3. The van der Waals surface area contributed by atoms with Crippen LogP contribution in [-0.4, -0.2) is 27.2 Å². The molecular weight excluding hydrogens is 297 g/mol. The molecule has 1 heterocycles. The molecule has 0 saturated heterocycles. The third-order valence-corrected chi connectivity index (χ3v) is 3.52. The van der Waals surface area contributed by atoms with E-state index in [0.717, 1.165) is 5.56 Å². The highest BCUT2D eigenvalue weighted by molar-refractivity contribution is 5.87. The molecule has 23 heavy (non-hydrogen) atoms. The first-order chi connectivity index (χ1) is 10.9. The minimum absolute atomic E-state index is 0.0911. The fourth-order valence-corrected chi connectivity index (χ4v) is 2.23. The molecule has 1 atom stereocenters. The zero-order valence-corrected chi connectivity index (χ0v) is 13.7. The molecule has 5 nitrogen and oxygen atoms in total. The van der Waals surface area contributed by atoms with Gasteiger partial charge in [-0.2, -0.15) is 5.10 Å². The molecule has 1 aromatic heterocycles. The SMILES string of the molecule is CC(C)(C)C(=O)C(CCOCc1ccc(F)cc1)n1cncn1. The van der Waals surface area contributed by atoms with Crippen molar-refractivity contribution in [1.29, 1.82) is 0 Å². The van der Waals surface area contributed by atoms with Crippen LogP contribution in [0.1, 0.15) is 38.8 Å². The molecule has 6 heteroatoms. The summed E-state index contributed by atoms with van der Waals surface area (Å²) in [5.74, 6) is -0.177. The van der Waals surface area contributed by atoms with E-state index in [9.17, 15) is 9.18 Å². The summed E-state index contributed by atoms with van der Waals surface area (Å²) in [7, 11) is 0. The molecule has 0 spiro atoms. The third-order valence-electron chi connectivity index (χ3n) is 3.52. The number of hydrogen-bond donors (Lipinski definition) is 0. The first-order valence-corrected chi connectivity index (χ1v) is 7.58. The number of Topliss-reactive ketones (excluding diaryl/α,β-unsaturated/α-hetero) is 1. The van der Waals surface area contributed by atoms with Gasteiger partial charge in [0, 0.05) is 18.4 Å². The summed E-state index contributed by atoms with van der Waals surface area (Å²) < 4.78 is 20.0. The van der Waals surface area contributed by atoms with E-state index in [1.165, 1.54) is 18.5 Å². The zero-order valence-electron chi connectivity index (χ0n) is 13.7. The summed E-state index contributed by atoms with van der Waals surface area (Å²) in [4.78, 5) is 16.5. The molecule has 0 N–H and O–H groups in total. The molecule has 0 radical (unpaired) electrons. The lowest BCUT2D eigenvalue weighted by atomic mass is 9.85. The average molecular weight is 319 g/mol. The molecule has 2 aromatic rings. The Morgan fingerprint density at radius 1 is 1.30 bits per heavy atom. The van der Waals surface area contributed by atoms with Crippen molar-refractivity contribution in [3.05, 3.63) is 48.3 Å². The summed E-state index contributed by atoms with van der Waals surface area (Å²) in [6, 6.07) is 5.78. The van der Waals surface area contributed by atoms with Gasteiger partial charge < -0.3 is 4.74 Å². The lowest BCUT2D eigenvalue weighted by Crippen LogP contribution is -2.31. The van der Waals surface area contributed by atoms with Crippen LogP contribution in [0.2, 0.25) is 0 Å². The van der Waals surface area contributed by atoms with E-state index in [-0.39, 0.29) is 11.6 Å². The maximum Gasteiger partial charge on any atom is 0.162 e. The number of nitrogens with zero attached hydrogens (tertiary/aromatic N) is 3. The molecule has 0 fully saturated rings. The van der Waals surface area contributed by atoms with Crippen molar-refractivity contribution in [3.8, 4) is 0 Å². The van der Waals surface area contributed by atoms with Crippen molar-refractivity contribution < 1.29 is 13.9 Å². The summed E-state index contributed by atoms with van der Waals surface area (Å²) in [5.41, 5.74) is 0.430. The summed E-state index contributed by atoms with van der Waals surface area (Å²) in [5, 5.41) is 4.09. The average Bonchev–Trinajstić information content (AvgIpc) is 3.01. The van der Waals surface area contributed by atoms with Gasteiger partial charge in [-0.1, -0.05) is 32.9 Å². The Labute approximate surface area is 135 Å². The van der Waals surface area contributed by atoms with E-state index in [1.54, 1.807) is 23.1 Å². The highest BCUT2D eigenvalue weighted by Gasteiger charge is 2.31. The maximum absolute atomic E-state index is 12.8. The van der Waals surface area contributed by atoms with Crippen LogP contribution >= 0.6 is 0 Å². The molecule has 124 valence electrons.